The van der Waals surface area contributed by atoms with Gasteiger partial charge in [-0.25, -0.2) is 0 Å². The molecule has 1 aliphatic carbocycles. The summed E-state index contributed by atoms with van der Waals surface area (Å²) in [4.78, 5) is 15.7. The fourth-order valence-electron chi connectivity index (χ4n) is 4.12. The van der Waals surface area contributed by atoms with Crippen molar-refractivity contribution < 1.29 is 9.47 Å². The minimum atomic E-state index is 0.216. The summed E-state index contributed by atoms with van der Waals surface area (Å²) in [5.41, 5.74) is 8.33. The molecule has 33 heavy (non-hydrogen) atoms. The molecule has 8 nitrogen and oxygen atoms in total. The van der Waals surface area contributed by atoms with Gasteiger partial charge in [0.2, 0.25) is 17.8 Å². The number of nitrogen functional groups attached to an aromatic ring is 1. The Morgan fingerprint density at radius 1 is 0.818 bits per heavy atom. The van der Waals surface area contributed by atoms with Crippen molar-refractivity contribution in [3.05, 3.63) is 59.7 Å². The predicted octanol–water partition coefficient (Wildman–Crippen LogP) is 4.42. The lowest BCUT2D eigenvalue weighted by molar-refractivity contribution is 0.414. The molecule has 1 saturated carbocycles. The Balaban J connectivity index is 1.60. The van der Waals surface area contributed by atoms with Gasteiger partial charge in [0.1, 0.15) is 11.5 Å². The van der Waals surface area contributed by atoms with Crippen molar-refractivity contribution in [2.45, 2.75) is 51.2 Å². The normalized spacial score (nSPS) is 14.0. The quantitative estimate of drug-likeness (QED) is 0.496. The minimum absolute atomic E-state index is 0.216. The number of nitrogens with zero attached hydrogens (tertiary/aromatic N) is 4. The summed E-state index contributed by atoms with van der Waals surface area (Å²) in [5, 5.41) is 3.47. The summed E-state index contributed by atoms with van der Waals surface area (Å²) >= 11 is 0. The molecule has 1 heterocycles. The maximum absolute atomic E-state index is 6.10. The molecule has 0 radical (unpaired) electrons. The van der Waals surface area contributed by atoms with Crippen LogP contribution in [0.5, 0.6) is 11.5 Å². The minimum Gasteiger partial charge on any atom is -0.497 e. The fraction of sp³-hybridized carbons (Fsp3) is 0.400. The topological polar surface area (TPSA) is 98.4 Å². The van der Waals surface area contributed by atoms with Gasteiger partial charge in [-0.3, -0.25) is 0 Å². The molecule has 3 N–H and O–H groups in total. The van der Waals surface area contributed by atoms with E-state index in [2.05, 4.69) is 20.2 Å². The monoisotopic (exact) mass is 448 g/mol. The van der Waals surface area contributed by atoms with Gasteiger partial charge in [-0.2, -0.15) is 15.0 Å². The molecule has 0 aliphatic heterocycles. The van der Waals surface area contributed by atoms with E-state index < -0.39 is 0 Å². The zero-order valence-electron chi connectivity index (χ0n) is 19.3. The van der Waals surface area contributed by atoms with Crippen molar-refractivity contribution >= 4 is 17.8 Å². The molecule has 0 amide bonds. The van der Waals surface area contributed by atoms with Crippen molar-refractivity contribution in [2.75, 3.05) is 30.2 Å². The van der Waals surface area contributed by atoms with Crippen LogP contribution in [0.1, 0.15) is 43.2 Å². The smallest absolute Gasteiger partial charge is 0.232 e. The van der Waals surface area contributed by atoms with Gasteiger partial charge in [0.25, 0.3) is 0 Å². The molecular weight excluding hydrogens is 416 g/mol. The van der Waals surface area contributed by atoms with Gasteiger partial charge in [0, 0.05) is 19.1 Å². The second-order valence-electron chi connectivity index (χ2n) is 8.35. The van der Waals surface area contributed by atoms with Crippen LogP contribution in [0.25, 0.3) is 0 Å². The number of ether oxygens (including phenoxy) is 2. The van der Waals surface area contributed by atoms with E-state index in [1.807, 2.05) is 48.5 Å². The van der Waals surface area contributed by atoms with E-state index in [4.69, 9.17) is 20.2 Å². The molecule has 1 aromatic heterocycles. The molecule has 0 unspecified atom stereocenters. The molecule has 0 atom stereocenters. The Morgan fingerprint density at radius 2 is 1.36 bits per heavy atom. The van der Waals surface area contributed by atoms with Crippen molar-refractivity contribution in [1.29, 1.82) is 0 Å². The van der Waals surface area contributed by atoms with Crippen molar-refractivity contribution in [1.82, 2.24) is 15.0 Å². The van der Waals surface area contributed by atoms with Gasteiger partial charge in [0.05, 0.1) is 14.2 Å². The van der Waals surface area contributed by atoms with Crippen LogP contribution < -0.4 is 25.4 Å². The lowest BCUT2D eigenvalue weighted by Gasteiger charge is -2.25. The molecule has 1 aliphatic rings. The van der Waals surface area contributed by atoms with Crippen LogP contribution in [0.15, 0.2) is 48.5 Å². The van der Waals surface area contributed by atoms with Gasteiger partial charge in [-0.1, -0.05) is 43.5 Å². The summed E-state index contributed by atoms with van der Waals surface area (Å²) in [6.07, 6.45) is 6.00. The number of hydrogen-bond acceptors (Lipinski definition) is 8. The van der Waals surface area contributed by atoms with E-state index in [1.165, 1.54) is 19.3 Å². The lowest BCUT2D eigenvalue weighted by atomic mass is 9.96. The maximum Gasteiger partial charge on any atom is 0.232 e. The molecule has 4 rings (SSSR count). The van der Waals surface area contributed by atoms with E-state index in [1.54, 1.807) is 14.2 Å². The summed E-state index contributed by atoms with van der Waals surface area (Å²) in [5.74, 6) is 2.95. The summed E-state index contributed by atoms with van der Waals surface area (Å²) in [6, 6.07) is 16.4. The highest BCUT2D eigenvalue weighted by Crippen LogP contribution is 2.24. The molecule has 1 fully saturated rings. The number of benzene rings is 2. The number of methoxy groups -OCH3 is 2. The maximum atomic E-state index is 6.10. The van der Waals surface area contributed by atoms with E-state index in [-0.39, 0.29) is 5.95 Å². The fourth-order valence-corrected chi connectivity index (χ4v) is 4.12. The largest absolute Gasteiger partial charge is 0.497 e. The van der Waals surface area contributed by atoms with Gasteiger partial charge >= 0.3 is 0 Å². The first-order valence-electron chi connectivity index (χ1n) is 11.4. The van der Waals surface area contributed by atoms with Crippen LogP contribution in [-0.2, 0) is 13.1 Å². The Hall–Kier alpha value is -3.55. The number of anilines is 3. The number of rotatable bonds is 9. The summed E-state index contributed by atoms with van der Waals surface area (Å²) < 4.78 is 10.6. The summed E-state index contributed by atoms with van der Waals surface area (Å²) in [6.45, 7) is 1.23. The molecular formula is C25H32N6O2. The highest BCUT2D eigenvalue weighted by Gasteiger charge is 2.18. The van der Waals surface area contributed by atoms with Gasteiger partial charge < -0.3 is 25.4 Å². The molecule has 2 aromatic carbocycles. The van der Waals surface area contributed by atoms with Gasteiger partial charge in [0.15, 0.2) is 0 Å². The van der Waals surface area contributed by atoms with E-state index in [0.717, 1.165) is 35.5 Å². The number of aromatic nitrogens is 3. The molecule has 8 heteroatoms. The average molecular weight is 449 g/mol. The predicted molar refractivity (Wildman–Crippen MR) is 131 cm³/mol. The van der Waals surface area contributed by atoms with Crippen LogP contribution >= 0.6 is 0 Å². The zero-order chi connectivity index (χ0) is 23.0. The number of nitrogens with one attached hydrogen (secondary N) is 1. The van der Waals surface area contributed by atoms with Crippen molar-refractivity contribution in [3.8, 4) is 11.5 Å². The summed E-state index contributed by atoms with van der Waals surface area (Å²) in [7, 11) is 3.33. The molecule has 0 saturated heterocycles. The Bertz CT molecular complexity index is 971. The number of hydrogen-bond donors (Lipinski definition) is 2. The molecule has 174 valence electrons. The van der Waals surface area contributed by atoms with Crippen LogP contribution in [0, 0.1) is 0 Å². The second-order valence-corrected chi connectivity index (χ2v) is 8.35. The zero-order valence-corrected chi connectivity index (χ0v) is 19.3. The Morgan fingerprint density at radius 3 is 1.88 bits per heavy atom. The van der Waals surface area contributed by atoms with Crippen LogP contribution in [0.3, 0.4) is 0 Å². The highest BCUT2D eigenvalue weighted by atomic mass is 16.5. The second kappa shape index (κ2) is 10.8. The SMILES string of the molecule is COc1ccc(CN(Cc2ccc(OC)cc2)c2nc(N)nc(NC3CCCCC3)n2)cc1. The highest BCUT2D eigenvalue weighted by molar-refractivity contribution is 5.44. The third kappa shape index (κ3) is 6.25. The first kappa shape index (κ1) is 22.6. The van der Waals surface area contributed by atoms with Crippen LogP contribution in [-0.4, -0.2) is 35.2 Å². The first-order valence-corrected chi connectivity index (χ1v) is 11.4. The van der Waals surface area contributed by atoms with E-state index in [0.29, 0.717) is 31.0 Å². The molecule has 0 spiro atoms. The molecule has 3 aromatic rings. The van der Waals surface area contributed by atoms with Gasteiger partial charge in [-0.05, 0) is 48.2 Å². The Labute approximate surface area is 195 Å². The van der Waals surface area contributed by atoms with Crippen LogP contribution in [0.4, 0.5) is 17.8 Å². The van der Waals surface area contributed by atoms with Crippen molar-refractivity contribution in [3.63, 3.8) is 0 Å². The van der Waals surface area contributed by atoms with Gasteiger partial charge in [-0.15, -0.1) is 0 Å². The van der Waals surface area contributed by atoms with E-state index >= 15 is 0 Å². The third-order valence-electron chi connectivity index (χ3n) is 5.93. The standard InChI is InChI=1S/C25H32N6O2/c1-32-21-12-8-18(9-13-21)16-31(17-19-10-14-22(33-2)15-11-19)25-29-23(26)28-24(30-25)27-20-6-4-3-5-7-20/h8-15,20H,3-7,16-17H2,1-2H3,(H3,26,27,28,29,30). The average Bonchev–Trinajstić information content (AvgIpc) is 2.85. The number of nitrogens with two attached hydrogens (primary N) is 1. The molecule has 0 bridgehead atoms. The lowest BCUT2D eigenvalue weighted by Crippen LogP contribution is -2.27. The first-order chi connectivity index (χ1) is 16.1. The van der Waals surface area contributed by atoms with Crippen molar-refractivity contribution in [2.24, 2.45) is 0 Å². The third-order valence-corrected chi connectivity index (χ3v) is 5.93. The Kier molecular flexibility index (Phi) is 7.44. The van der Waals surface area contributed by atoms with E-state index in [9.17, 15) is 0 Å². The van der Waals surface area contributed by atoms with Crippen LogP contribution in [0.2, 0.25) is 0 Å².